The summed E-state index contributed by atoms with van der Waals surface area (Å²) in [6.45, 7) is 2.11. The molecule has 10 nitrogen and oxygen atoms in total. The van der Waals surface area contributed by atoms with Gasteiger partial charge in [-0.15, -0.1) is 0 Å². The molecule has 0 spiro atoms. The van der Waals surface area contributed by atoms with Crippen LogP contribution in [0.25, 0.3) is 10.9 Å². The molecule has 1 saturated heterocycles. The highest BCUT2D eigenvalue weighted by atomic mass is 16.2. The Kier molecular flexibility index (Phi) is 7.02. The van der Waals surface area contributed by atoms with Gasteiger partial charge in [0, 0.05) is 43.3 Å². The number of nitrogens with zero attached hydrogens (tertiary/aromatic N) is 4. The molecule has 1 aliphatic heterocycles. The topological polar surface area (TPSA) is 128 Å². The molecule has 10 heteroatoms. The minimum absolute atomic E-state index is 0.0294. The van der Waals surface area contributed by atoms with Gasteiger partial charge in [-0.3, -0.25) is 14.7 Å². The quantitative estimate of drug-likeness (QED) is 0.254. The summed E-state index contributed by atoms with van der Waals surface area (Å²) in [6.07, 6.45) is 6.12. The Morgan fingerprint density at radius 3 is 2.81 bits per heavy atom. The predicted octanol–water partition coefficient (Wildman–Crippen LogP) is 3.51. The zero-order chi connectivity index (χ0) is 24.7. The molecular weight excluding hydrogens is 456 g/mol. The van der Waals surface area contributed by atoms with Crippen molar-refractivity contribution in [1.82, 2.24) is 30.4 Å². The van der Waals surface area contributed by atoms with Crippen LogP contribution >= 0.6 is 0 Å². The maximum Gasteiger partial charge on any atom is 0.229 e. The van der Waals surface area contributed by atoms with Gasteiger partial charge in [-0.05, 0) is 48.7 Å². The standard InChI is InChI=1S/C26H28N8O2/c35-24(27-12-3-15-34-14-2-6-25(34)36)16-18-7-9-19(10-8-18)30-26-28-13-11-23(32-26)31-21-4-1-5-22-20(21)17-29-33-22/h1,4-5,7-11,13,17H,2-3,6,12,14-16H2,(H,27,35)(H,29,33)(H2,28,30,31,32). The molecule has 0 aliphatic carbocycles. The van der Waals surface area contributed by atoms with Crippen molar-refractivity contribution in [3.8, 4) is 0 Å². The van der Waals surface area contributed by atoms with E-state index in [1.165, 1.54) is 0 Å². The fourth-order valence-corrected chi connectivity index (χ4v) is 4.22. The van der Waals surface area contributed by atoms with Crippen LogP contribution in [0.3, 0.4) is 0 Å². The van der Waals surface area contributed by atoms with Crippen molar-refractivity contribution in [1.29, 1.82) is 0 Å². The molecule has 5 rings (SSSR count). The van der Waals surface area contributed by atoms with Crippen LogP contribution in [0.15, 0.2) is 60.9 Å². The van der Waals surface area contributed by atoms with E-state index in [0.717, 1.165) is 47.2 Å². The maximum atomic E-state index is 12.3. The smallest absolute Gasteiger partial charge is 0.229 e. The molecule has 1 fully saturated rings. The number of aromatic nitrogens is 4. The van der Waals surface area contributed by atoms with E-state index in [9.17, 15) is 9.59 Å². The summed E-state index contributed by atoms with van der Waals surface area (Å²) in [5.41, 5.74) is 3.58. The lowest BCUT2D eigenvalue weighted by molar-refractivity contribution is -0.127. The third-order valence-corrected chi connectivity index (χ3v) is 6.08. The number of amides is 2. The number of hydrogen-bond acceptors (Lipinski definition) is 7. The number of fused-ring (bicyclic) bond motifs is 1. The Labute approximate surface area is 208 Å². The van der Waals surface area contributed by atoms with Gasteiger partial charge in [-0.25, -0.2) is 4.98 Å². The Hall–Kier alpha value is -4.47. The van der Waals surface area contributed by atoms with Gasteiger partial charge in [0.05, 0.1) is 23.8 Å². The lowest BCUT2D eigenvalue weighted by Gasteiger charge is -2.15. The molecule has 2 aromatic carbocycles. The van der Waals surface area contributed by atoms with Crippen molar-refractivity contribution in [3.63, 3.8) is 0 Å². The first kappa shape index (κ1) is 23.3. The molecule has 0 unspecified atom stereocenters. The third-order valence-electron chi connectivity index (χ3n) is 6.08. The number of hydrogen-bond donors (Lipinski definition) is 4. The van der Waals surface area contributed by atoms with Crippen LogP contribution in [-0.4, -0.2) is 56.5 Å². The van der Waals surface area contributed by atoms with Crippen LogP contribution in [-0.2, 0) is 16.0 Å². The number of anilines is 4. The SMILES string of the molecule is O=C(Cc1ccc(Nc2nccc(Nc3cccc4[nH]ncc34)n2)cc1)NCCCN1CCCC1=O. The Morgan fingerprint density at radius 2 is 1.97 bits per heavy atom. The second-order valence-corrected chi connectivity index (χ2v) is 8.71. The highest BCUT2D eigenvalue weighted by molar-refractivity contribution is 5.92. The highest BCUT2D eigenvalue weighted by Gasteiger charge is 2.19. The number of benzene rings is 2. The zero-order valence-corrected chi connectivity index (χ0v) is 19.8. The van der Waals surface area contributed by atoms with E-state index >= 15 is 0 Å². The van der Waals surface area contributed by atoms with Crippen molar-refractivity contribution >= 4 is 45.9 Å². The molecule has 4 N–H and O–H groups in total. The lowest BCUT2D eigenvalue weighted by Crippen LogP contribution is -2.31. The molecule has 3 heterocycles. The summed E-state index contributed by atoms with van der Waals surface area (Å²) < 4.78 is 0. The molecular formula is C26H28N8O2. The van der Waals surface area contributed by atoms with E-state index in [-0.39, 0.29) is 11.8 Å². The Balaban J connectivity index is 1.11. The molecule has 1 aliphatic rings. The normalized spacial score (nSPS) is 13.2. The van der Waals surface area contributed by atoms with Crippen LogP contribution in [0.4, 0.5) is 23.1 Å². The first-order valence-electron chi connectivity index (χ1n) is 12.1. The summed E-state index contributed by atoms with van der Waals surface area (Å²) in [5.74, 6) is 1.30. The first-order chi connectivity index (χ1) is 17.6. The minimum Gasteiger partial charge on any atom is -0.356 e. The molecule has 2 aromatic heterocycles. The zero-order valence-electron chi connectivity index (χ0n) is 19.8. The van der Waals surface area contributed by atoms with Gasteiger partial charge in [0.2, 0.25) is 17.8 Å². The summed E-state index contributed by atoms with van der Waals surface area (Å²) in [7, 11) is 0. The van der Waals surface area contributed by atoms with Gasteiger partial charge in [0.15, 0.2) is 0 Å². The Morgan fingerprint density at radius 1 is 1.08 bits per heavy atom. The number of H-pyrrole nitrogens is 1. The molecule has 0 saturated carbocycles. The monoisotopic (exact) mass is 484 g/mol. The second-order valence-electron chi connectivity index (χ2n) is 8.71. The molecule has 4 aromatic rings. The fraction of sp³-hybridized carbons (Fsp3) is 0.269. The van der Waals surface area contributed by atoms with Gasteiger partial charge < -0.3 is 20.9 Å². The van der Waals surface area contributed by atoms with E-state index < -0.39 is 0 Å². The van der Waals surface area contributed by atoms with E-state index in [1.807, 2.05) is 47.4 Å². The van der Waals surface area contributed by atoms with Crippen molar-refractivity contribution < 1.29 is 9.59 Å². The summed E-state index contributed by atoms with van der Waals surface area (Å²) >= 11 is 0. The molecule has 184 valence electrons. The summed E-state index contributed by atoms with van der Waals surface area (Å²) in [4.78, 5) is 34.6. The van der Waals surface area contributed by atoms with Crippen LogP contribution in [0.5, 0.6) is 0 Å². The number of rotatable bonds is 10. The number of likely N-dealkylation sites (tertiary alicyclic amines) is 1. The van der Waals surface area contributed by atoms with Crippen LogP contribution in [0, 0.1) is 0 Å². The van der Waals surface area contributed by atoms with Crippen molar-refractivity contribution in [2.75, 3.05) is 30.3 Å². The summed E-state index contributed by atoms with van der Waals surface area (Å²) in [5, 5.41) is 17.5. The number of carbonyl (C=O) groups is 2. The van der Waals surface area contributed by atoms with E-state index in [1.54, 1.807) is 18.5 Å². The van der Waals surface area contributed by atoms with E-state index in [0.29, 0.717) is 37.7 Å². The van der Waals surface area contributed by atoms with Crippen molar-refractivity contribution in [3.05, 3.63) is 66.5 Å². The fourth-order valence-electron chi connectivity index (χ4n) is 4.22. The molecule has 36 heavy (non-hydrogen) atoms. The lowest BCUT2D eigenvalue weighted by atomic mass is 10.1. The first-order valence-corrected chi connectivity index (χ1v) is 12.1. The average molecular weight is 485 g/mol. The van der Waals surface area contributed by atoms with Gasteiger partial charge in [-0.2, -0.15) is 10.1 Å². The predicted molar refractivity (Wildman–Crippen MR) is 138 cm³/mol. The van der Waals surface area contributed by atoms with E-state index in [4.69, 9.17) is 0 Å². The number of aromatic amines is 1. The van der Waals surface area contributed by atoms with E-state index in [2.05, 4.69) is 36.1 Å². The highest BCUT2D eigenvalue weighted by Crippen LogP contribution is 2.24. The van der Waals surface area contributed by atoms with Crippen LogP contribution in [0.1, 0.15) is 24.8 Å². The van der Waals surface area contributed by atoms with Gasteiger partial charge in [0.25, 0.3) is 0 Å². The van der Waals surface area contributed by atoms with Crippen molar-refractivity contribution in [2.45, 2.75) is 25.7 Å². The number of nitrogens with one attached hydrogen (secondary N) is 4. The second kappa shape index (κ2) is 10.9. The Bertz CT molecular complexity index is 1350. The average Bonchev–Trinajstić information content (AvgIpc) is 3.53. The maximum absolute atomic E-state index is 12.3. The molecule has 2 amide bonds. The van der Waals surface area contributed by atoms with Crippen LogP contribution < -0.4 is 16.0 Å². The molecule has 0 bridgehead atoms. The minimum atomic E-state index is -0.0294. The van der Waals surface area contributed by atoms with Gasteiger partial charge in [0.1, 0.15) is 5.82 Å². The van der Waals surface area contributed by atoms with Crippen LogP contribution in [0.2, 0.25) is 0 Å². The number of carbonyl (C=O) groups excluding carboxylic acids is 2. The van der Waals surface area contributed by atoms with Gasteiger partial charge in [-0.1, -0.05) is 18.2 Å². The molecule has 0 atom stereocenters. The largest absolute Gasteiger partial charge is 0.356 e. The summed E-state index contributed by atoms with van der Waals surface area (Å²) in [6, 6.07) is 15.3. The third kappa shape index (κ3) is 5.77. The van der Waals surface area contributed by atoms with Crippen molar-refractivity contribution in [2.24, 2.45) is 0 Å². The van der Waals surface area contributed by atoms with Gasteiger partial charge >= 0.3 is 0 Å². The molecule has 0 radical (unpaired) electrons.